The van der Waals surface area contributed by atoms with Crippen LogP contribution in [-0.4, -0.2) is 35.7 Å². The van der Waals surface area contributed by atoms with Gasteiger partial charge in [0.1, 0.15) is 0 Å². The van der Waals surface area contributed by atoms with Crippen molar-refractivity contribution in [2.45, 2.75) is 40.2 Å². The minimum absolute atomic E-state index is 0. The summed E-state index contributed by atoms with van der Waals surface area (Å²) in [5.74, 6) is 0.0259. The Bertz CT molecular complexity index is 456. The second-order valence-electron chi connectivity index (χ2n) is 4.96. The number of halogens is 1. The van der Waals surface area contributed by atoms with Gasteiger partial charge < -0.3 is 10.2 Å². The molecule has 4 nitrogen and oxygen atoms in total. The van der Waals surface area contributed by atoms with Crippen LogP contribution in [0.25, 0.3) is 0 Å². The lowest BCUT2D eigenvalue weighted by Gasteiger charge is -2.25. The summed E-state index contributed by atoms with van der Waals surface area (Å²) in [6.45, 7) is 9.66. The first-order valence-corrected chi connectivity index (χ1v) is 7.12. The van der Waals surface area contributed by atoms with Crippen molar-refractivity contribution in [3.8, 4) is 0 Å². The number of ketones is 1. The number of Topliss-reactive ketones (excluding diaryl/α,β-unsaturated/α-hetero) is 1. The van der Waals surface area contributed by atoms with Crippen LogP contribution in [0.3, 0.4) is 0 Å². The van der Waals surface area contributed by atoms with Crippen molar-refractivity contribution in [1.82, 2.24) is 4.90 Å². The highest BCUT2D eigenvalue weighted by molar-refractivity contribution is 5.95. The number of carbonyl (C=O) groups excluding carboxylic acids is 2. The lowest BCUT2D eigenvalue weighted by molar-refractivity contribution is -0.117. The summed E-state index contributed by atoms with van der Waals surface area (Å²) in [6, 6.07) is 7.20. The Balaban J connectivity index is 0.00000400. The molecule has 1 aromatic carbocycles. The number of amides is 1. The number of anilines is 1. The summed E-state index contributed by atoms with van der Waals surface area (Å²) in [6.07, 6.45) is 0.468. The fourth-order valence-corrected chi connectivity index (χ4v) is 2.24. The van der Waals surface area contributed by atoms with Gasteiger partial charge in [0.05, 0.1) is 0 Å². The van der Waals surface area contributed by atoms with Crippen LogP contribution >= 0.6 is 12.4 Å². The molecule has 1 amide bonds. The molecule has 0 radical (unpaired) electrons. The first-order chi connectivity index (χ1) is 9.47. The number of nitrogens with zero attached hydrogens (tertiary/aromatic N) is 1. The van der Waals surface area contributed by atoms with E-state index in [-0.39, 0.29) is 30.1 Å². The van der Waals surface area contributed by atoms with Crippen LogP contribution in [0.2, 0.25) is 0 Å². The zero-order valence-electron chi connectivity index (χ0n) is 13.2. The van der Waals surface area contributed by atoms with Crippen LogP contribution in [0.5, 0.6) is 0 Å². The summed E-state index contributed by atoms with van der Waals surface area (Å²) < 4.78 is 0. The molecule has 0 saturated heterocycles. The normalized spacial score (nSPS) is 11.7. The Morgan fingerprint density at radius 3 is 2.10 bits per heavy atom. The van der Waals surface area contributed by atoms with Gasteiger partial charge in [-0.3, -0.25) is 9.59 Å². The quantitative estimate of drug-likeness (QED) is 0.785. The lowest BCUT2D eigenvalue weighted by Crippen LogP contribution is -2.35. The van der Waals surface area contributed by atoms with Gasteiger partial charge in [-0.25, -0.2) is 0 Å². The molecule has 1 rings (SSSR count). The maximum absolute atomic E-state index is 12.0. The smallest absolute Gasteiger partial charge is 0.225 e. The van der Waals surface area contributed by atoms with Crippen LogP contribution in [0.4, 0.5) is 5.69 Å². The van der Waals surface area contributed by atoms with Crippen molar-refractivity contribution in [1.29, 1.82) is 0 Å². The molecule has 5 heteroatoms. The average molecular weight is 313 g/mol. The van der Waals surface area contributed by atoms with E-state index in [1.165, 1.54) is 6.92 Å². The third-order valence-corrected chi connectivity index (χ3v) is 3.49. The topological polar surface area (TPSA) is 49.4 Å². The van der Waals surface area contributed by atoms with Gasteiger partial charge in [0.25, 0.3) is 0 Å². The number of carbonyl (C=O) groups is 2. The van der Waals surface area contributed by atoms with E-state index in [9.17, 15) is 9.59 Å². The van der Waals surface area contributed by atoms with Gasteiger partial charge in [0.2, 0.25) is 5.91 Å². The van der Waals surface area contributed by atoms with Crippen molar-refractivity contribution in [2.75, 3.05) is 18.4 Å². The van der Waals surface area contributed by atoms with Crippen LogP contribution in [-0.2, 0) is 4.79 Å². The number of nitrogens with one attached hydrogen (secondary N) is 1. The summed E-state index contributed by atoms with van der Waals surface area (Å²) >= 11 is 0. The van der Waals surface area contributed by atoms with Crippen molar-refractivity contribution < 1.29 is 9.59 Å². The van der Waals surface area contributed by atoms with Gasteiger partial charge >= 0.3 is 0 Å². The fourth-order valence-electron chi connectivity index (χ4n) is 2.24. The first-order valence-electron chi connectivity index (χ1n) is 7.12. The number of benzene rings is 1. The van der Waals surface area contributed by atoms with Crippen molar-refractivity contribution >= 4 is 29.8 Å². The molecule has 118 valence electrons. The summed E-state index contributed by atoms with van der Waals surface area (Å²) in [5, 5.41) is 2.87. The molecule has 0 bridgehead atoms. The third kappa shape index (κ3) is 6.27. The molecule has 21 heavy (non-hydrogen) atoms. The third-order valence-electron chi connectivity index (χ3n) is 3.49. The molecule has 1 aromatic rings. The van der Waals surface area contributed by atoms with Gasteiger partial charge in [-0.05, 0) is 51.2 Å². The Morgan fingerprint density at radius 1 is 1.14 bits per heavy atom. The van der Waals surface area contributed by atoms with Crippen molar-refractivity contribution in [2.24, 2.45) is 0 Å². The van der Waals surface area contributed by atoms with Crippen molar-refractivity contribution in [3.05, 3.63) is 29.8 Å². The summed E-state index contributed by atoms with van der Waals surface area (Å²) in [5.41, 5.74) is 1.38. The van der Waals surface area contributed by atoms with E-state index in [1.807, 2.05) is 0 Å². The molecule has 0 aliphatic heterocycles. The van der Waals surface area contributed by atoms with Gasteiger partial charge in [-0.1, -0.05) is 13.8 Å². The molecular formula is C16H25ClN2O2. The monoisotopic (exact) mass is 312 g/mol. The molecule has 0 spiro atoms. The van der Waals surface area contributed by atoms with E-state index in [4.69, 9.17) is 0 Å². The van der Waals surface area contributed by atoms with E-state index in [1.54, 1.807) is 24.3 Å². The zero-order chi connectivity index (χ0) is 15.1. The zero-order valence-corrected chi connectivity index (χ0v) is 14.0. The highest BCUT2D eigenvalue weighted by Crippen LogP contribution is 2.11. The van der Waals surface area contributed by atoms with Crippen molar-refractivity contribution in [3.63, 3.8) is 0 Å². The summed E-state index contributed by atoms with van der Waals surface area (Å²) in [4.78, 5) is 25.4. The second-order valence-corrected chi connectivity index (χ2v) is 4.96. The van der Waals surface area contributed by atoms with E-state index in [2.05, 4.69) is 31.0 Å². The van der Waals surface area contributed by atoms with E-state index < -0.39 is 0 Å². The molecule has 0 aliphatic rings. The SMILES string of the molecule is CCN(CC)C(C)CC(=O)Nc1ccc(C(C)=O)cc1.Cl. The van der Waals surface area contributed by atoms with Crippen LogP contribution in [0, 0.1) is 0 Å². The minimum atomic E-state index is -0.0000231. The Hall–Kier alpha value is -1.39. The second kappa shape index (κ2) is 9.53. The number of hydrogen-bond donors (Lipinski definition) is 1. The molecule has 1 unspecified atom stereocenters. The van der Waals surface area contributed by atoms with Gasteiger partial charge in [0.15, 0.2) is 5.78 Å². The molecule has 1 atom stereocenters. The fraction of sp³-hybridized carbons (Fsp3) is 0.500. The molecule has 0 heterocycles. The van der Waals surface area contributed by atoms with Gasteiger partial charge in [-0.2, -0.15) is 0 Å². The van der Waals surface area contributed by atoms with E-state index >= 15 is 0 Å². The standard InChI is InChI=1S/C16H24N2O2.ClH/c1-5-18(6-2)12(3)11-16(20)17-15-9-7-14(8-10-15)13(4)19;/h7-10,12H,5-6,11H2,1-4H3,(H,17,20);1H. The molecule has 0 fully saturated rings. The van der Waals surface area contributed by atoms with Gasteiger partial charge in [0, 0.05) is 23.7 Å². The predicted molar refractivity (Wildman–Crippen MR) is 89.3 cm³/mol. The summed E-state index contributed by atoms with van der Waals surface area (Å²) in [7, 11) is 0. The maximum Gasteiger partial charge on any atom is 0.225 e. The Morgan fingerprint density at radius 2 is 1.67 bits per heavy atom. The highest BCUT2D eigenvalue weighted by Gasteiger charge is 2.14. The molecule has 0 saturated carbocycles. The molecule has 0 aromatic heterocycles. The highest BCUT2D eigenvalue weighted by atomic mass is 35.5. The lowest BCUT2D eigenvalue weighted by atomic mass is 10.1. The average Bonchev–Trinajstić information content (AvgIpc) is 2.40. The molecule has 0 aliphatic carbocycles. The Labute approximate surface area is 133 Å². The molecule has 1 N–H and O–H groups in total. The maximum atomic E-state index is 12.0. The first kappa shape index (κ1) is 19.6. The van der Waals surface area contributed by atoms with E-state index in [0.29, 0.717) is 12.0 Å². The van der Waals surface area contributed by atoms with E-state index in [0.717, 1.165) is 18.8 Å². The number of hydrogen-bond acceptors (Lipinski definition) is 3. The molecular weight excluding hydrogens is 288 g/mol. The number of rotatable bonds is 7. The minimum Gasteiger partial charge on any atom is -0.326 e. The van der Waals surface area contributed by atoms with Crippen LogP contribution in [0.15, 0.2) is 24.3 Å². The van der Waals surface area contributed by atoms with Gasteiger partial charge in [-0.15, -0.1) is 12.4 Å². The largest absolute Gasteiger partial charge is 0.326 e. The predicted octanol–water partition coefficient (Wildman–Crippen LogP) is 3.37. The van der Waals surface area contributed by atoms with Crippen LogP contribution < -0.4 is 5.32 Å². The van der Waals surface area contributed by atoms with Crippen LogP contribution in [0.1, 0.15) is 44.5 Å². The Kier molecular flexibility index (Phi) is 8.90.